The summed E-state index contributed by atoms with van der Waals surface area (Å²) in [6.45, 7) is 4.15. The van der Waals surface area contributed by atoms with Crippen LogP contribution in [-0.4, -0.2) is 50.7 Å². The molecular formula is C23H26N6OS. The Morgan fingerprint density at radius 1 is 1.00 bits per heavy atom. The molecule has 3 aromatic rings. The average Bonchev–Trinajstić information content (AvgIpc) is 3.06. The minimum atomic E-state index is 0.0560. The monoisotopic (exact) mass is 434 g/mol. The number of piperazine rings is 1. The fourth-order valence-electron chi connectivity index (χ4n) is 4.38. The second kappa shape index (κ2) is 8.63. The molecule has 5 rings (SSSR count). The second-order valence-electron chi connectivity index (χ2n) is 8.12. The predicted octanol–water partition coefficient (Wildman–Crippen LogP) is 3.04. The number of aryl methyl sites for hydroxylation is 1. The molecule has 1 fully saturated rings. The standard InChI is InChI=1S/C23H26N6OS/c30-22-18-16-17(8-9-19(18)26-21-7-2-1-5-11-29(21)22)25-23(31)28-14-12-27(13-15-28)20-6-3-4-10-24-20/h3-4,6,8-10,16H,1-2,5,7,11-15H2,(H,25,31). The van der Waals surface area contributed by atoms with Crippen molar-refractivity contribution in [3.8, 4) is 0 Å². The van der Waals surface area contributed by atoms with Crippen LogP contribution in [0.3, 0.4) is 0 Å². The molecular weight excluding hydrogens is 408 g/mol. The molecule has 0 aliphatic carbocycles. The lowest BCUT2D eigenvalue weighted by atomic mass is 10.2. The third-order valence-electron chi connectivity index (χ3n) is 6.11. The van der Waals surface area contributed by atoms with Gasteiger partial charge in [-0.1, -0.05) is 12.5 Å². The van der Waals surface area contributed by atoms with Gasteiger partial charge in [0.1, 0.15) is 11.6 Å². The molecule has 0 saturated carbocycles. The van der Waals surface area contributed by atoms with Crippen molar-refractivity contribution < 1.29 is 0 Å². The largest absolute Gasteiger partial charge is 0.353 e. The topological polar surface area (TPSA) is 66.3 Å². The van der Waals surface area contributed by atoms with Gasteiger partial charge in [-0.3, -0.25) is 9.36 Å². The summed E-state index contributed by atoms with van der Waals surface area (Å²) in [5, 5.41) is 4.66. The smallest absolute Gasteiger partial charge is 0.261 e. The van der Waals surface area contributed by atoms with E-state index in [0.29, 0.717) is 10.5 Å². The van der Waals surface area contributed by atoms with Crippen LogP contribution < -0.4 is 15.8 Å². The molecule has 1 N–H and O–H groups in total. The van der Waals surface area contributed by atoms with E-state index in [1.54, 1.807) is 0 Å². The lowest BCUT2D eigenvalue weighted by molar-refractivity contribution is 0.389. The Labute approximate surface area is 186 Å². The first-order valence-electron chi connectivity index (χ1n) is 10.9. The molecule has 7 nitrogen and oxygen atoms in total. The molecule has 0 bridgehead atoms. The Morgan fingerprint density at radius 2 is 1.87 bits per heavy atom. The number of hydrogen-bond donors (Lipinski definition) is 1. The third-order valence-corrected chi connectivity index (χ3v) is 6.47. The molecule has 2 aliphatic rings. The first-order valence-corrected chi connectivity index (χ1v) is 11.4. The van der Waals surface area contributed by atoms with Crippen LogP contribution in [0.2, 0.25) is 0 Å². The maximum Gasteiger partial charge on any atom is 0.261 e. The number of anilines is 2. The summed E-state index contributed by atoms with van der Waals surface area (Å²) in [6, 6.07) is 11.7. The summed E-state index contributed by atoms with van der Waals surface area (Å²) in [4.78, 5) is 26.7. The minimum absolute atomic E-state index is 0.0560. The molecule has 2 aromatic heterocycles. The number of hydrogen-bond acceptors (Lipinski definition) is 5. The summed E-state index contributed by atoms with van der Waals surface area (Å²) in [6.07, 6.45) is 5.98. The second-order valence-corrected chi connectivity index (χ2v) is 8.51. The van der Waals surface area contributed by atoms with Gasteiger partial charge in [0.25, 0.3) is 5.56 Å². The number of nitrogens with one attached hydrogen (secondary N) is 1. The van der Waals surface area contributed by atoms with Gasteiger partial charge in [0.05, 0.1) is 10.9 Å². The van der Waals surface area contributed by atoms with Crippen molar-refractivity contribution in [3.05, 3.63) is 58.8 Å². The van der Waals surface area contributed by atoms with E-state index in [1.807, 2.05) is 47.2 Å². The number of pyridine rings is 1. The zero-order chi connectivity index (χ0) is 21.2. The number of thiocarbonyl (C=S) groups is 1. The highest BCUT2D eigenvalue weighted by atomic mass is 32.1. The van der Waals surface area contributed by atoms with Crippen LogP contribution in [0.5, 0.6) is 0 Å². The molecule has 0 unspecified atom stereocenters. The Morgan fingerprint density at radius 3 is 2.68 bits per heavy atom. The molecule has 31 heavy (non-hydrogen) atoms. The number of rotatable bonds is 2. The fourth-order valence-corrected chi connectivity index (χ4v) is 4.68. The van der Waals surface area contributed by atoms with Crippen LogP contribution in [-0.2, 0) is 13.0 Å². The van der Waals surface area contributed by atoms with Gasteiger partial charge >= 0.3 is 0 Å². The summed E-state index contributed by atoms with van der Waals surface area (Å²) in [5.41, 5.74) is 1.65. The van der Waals surface area contributed by atoms with Gasteiger partial charge in [-0.15, -0.1) is 0 Å². The molecule has 2 aliphatic heterocycles. The third kappa shape index (κ3) is 4.12. The van der Waals surface area contributed by atoms with Crippen molar-refractivity contribution in [1.82, 2.24) is 19.4 Å². The predicted molar refractivity (Wildman–Crippen MR) is 128 cm³/mol. The van der Waals surface area contributed by atoms with Gasteiger partial charge in [0.2, 0.25) is 0 Å². The minimum Gasteiger partial charge on any atom is -0.353 e. The fraction of sp³-hybridized carbons (Fsp3) is 0.391. The number of fused-ring (bicyclic) bond motifs is 2. The summed E-state index contributed by atoms with van der Waals surface area (Å²) >= 11 is 5.66. The van der Waals surface area contributed by atoms with Crippen LogP contribution in [0.1, 0.15) is 25.1 Å². The average molecular weight is 435 g/mol. The summed E-state index contributed by atoms with van der Waals surface area (Å²) in [7, 11) is 0. The van der Waals surface area contributed by atoms with E-state index in [-0.39, 0.29) is 5.56 Å². The van der Waals surface area contributed by atoms with Crippen molar-refractivity contribution in [2.45, 2.75) is 32.2 Å². The Balaban J connectivity index is 1.30. The number of benzene rings is 1. The lowest BCUT2D eigenvalue weighted by Crippen LogP contribution is -2.50. The maximum absolute atomic E-state index is 13.1. The highest BCUT2D eigenvalue weighted by Gasteiger charge is 2.20. The zero-order valence-corrected chi connectivity index (χ0v) is 18.3. The Hall–Kier alpha value is -3.00. The van der Waals surface area contributed by atoms with Crippen molar-refractivity contribution in [1.29, 1.82) is 0 Å². The molecule has 0 radical (unpaired) electrons. The van der Waals surface area contributed by atoms with Crippen LogP contribution in [0, 0.1) is 0 Å². The van der Waals surface area contributed by atoms with Gasteiger partial charge in [0.15, 0.2) is 5.11 Å². The summed E-state index contributed by atoms with van der Waals surface area (Å²) < 4.78 is 1.86. The maximum atomic E-state index is 13.1. The van der Waals surface area contributed by atoms with Crippen molar-refractivity contribution in [3.63, 3.8) is 0 Å². The first kappa shape index (κ1) is 19.9. The van der Waals surface area contributed by atoms with E-state index >= 15 is 0 Å². The number of nitrogens with zero attached hydrogens (tertiary/aromatic N) is 5. The molecule has 0 atom stereocenters. The van der Waals surface area contributed by atoms with E-state index in [1.165, 1.54) is 0 Å². The molecule has 0 spiro atoms. The van der Waals surface area contributed by atoms with Crippen molar-refractivity contribution >= 4 is 39.7 Å². The summed E-state index contributed by atoms with van der Waals surface area (Å²) in [5.74, 6) is 1.92. The van der Waals surface area contributed by atoms with E-state index in [0.717, 1.165) is 81.3 Å². The van der Waals surface area contributed by atoms with Gasteiger partial charge in [-0.2, -0.15) is 0 Å². The van der Waals surface area contributed by atoms with Gasteiger partial charge in [-0.05, 0) is 55.4 Å². The Kier molecular flexibility index (Phi) is 5.55. The first-order chi connectivity index (χ1) is 15.2. The van der Waals surface area contributed by atoms with Crippen LogP contribution in [0.25, 0.3) is 10.9 Å². The molecule has 0 amide bonds. The molecule has 1 saturated heterocycles. The van der Waals surface area contributed by atoms with Crippen molar-refractivity contribution in [2.24, 2.45) is 0 Å². The van der Waals surface area contributed by atoms with E-state index in [4.69, 9.17) is 17.2 Å². The van der Waals surface area contributed by atoms with E-state index in [2.05, 4.69) is 20.1 Å². The molecule has 1 aromatic carbocycles. The van der Waals surface area contributed by atoms with Crippen LogP contribution in [0.15, 0.2) is 47.4 Å². The lowest BCUT2D eigenvalue weighted by Gasteiger charge is -2.36. The highest BCUT2D eigenvalue weighted by Crippen LogP contribution is 2.19. The van der Waals surface area contributed by atoms with E-state index in [9.17, 15) is 4.79 Å². The zero-order valence-electron chi connectivity index (χ0n) is 17.5. The van der Waals surface area contributed by atoms with Gasteiger partial charge in [0, 0.05) is 51.0 Å². The molecule has 8 heteroatoms. The Bertz CT molecular complexity index is 1150. The van der Waals surface area contributed by atoms with Crippen molar-refractivity contribution in [2.75, 3.05) is 36.4 Å². The normalized spacial score (nSPS) is 16.6. The van der Waals surface area contributed by atoms with E-state index < -0.39 is 0 Å². The van der Waals surface area contributed by atoms with Crippen LogP contribution >= 0.6 is 12.2 Å². The number of aromatic nitrogens is 3. The quantitative estimate of drug-likeness (QED) is 0.622. The van der Waals surface area contributed by atoms with Crippen LogP contribution in [0.4, 0.5) is 11.5 Å². The van der Waals surface area contributed by atoms with Gasteiger partial charge < -0.3 is 15.1 Å². The molecule has 4 heterocycles. The SMILES string of the molecule is O=c1c2cc(NC(=S)N3CCN(c4ccccn4)CC3)ccc2nc2n1CCCCC2. The van der Waals surface area contributed by atoms with Gasteiger partial charge in [-0.25, -0.2) is 9.97 Å². The molecule has 160 valence electrons. The highest BCUT2D eigenvalue weighted by molar-refractivity contribution is 7.80.